The lowest BCUT2D eigenvalue weighted by atomic mass is 9.86. The van der Waals surface area contributed by atoms with Crippen molar-refractivity contribution in [1.29, 1.82) is 0 Å². The van der Waals surface area contributed by atoms with Gasteiger partial charge >= 0.3 is 0 Å². The SMILES string of the molecule is CC(C)(CCCNC1CCCSC1)C(N)=NO. The topological polar surface area (TPSA) is 70.6 Å². The zero-order valence-electron chi connectivity index (χ0n) is 10.9. The van der Waals surface area contributed by atoms with Crippen molar-refractivity contribution in [2.45, 2.75) is 45.6 Å². The molecule has 0 radical (unpaired) electrons. The van der Waals surface area contributed by atoms with Gasteiger partial charge in [0, 0.05) is 17.2 Å². The number of nitrogens with two attached hydrogens (primary N) is 1. The molecule has 5 heteroatoms. The number of nitrogens with one attached hydrogen (secondary N) is 1. The second kappa shape index (κ2) is 7.11. The van der Waals surface area contributed by atoms with Crippen LogP contribution < -0.4 is 11.1 Å². The fourth-order valence-corrected chi connectivity index (χ4v) is 3.11. The van der Waals surface area contributed by atoms with E-state index in [-0.39, 0.29) is 5.41 Å². The van der Waals surface area contributed by atoms with Crippen LogP contribution in [0.1, 0.15) is 39.5 Å². The number of rotatable bonds is 6. The Labute approximate surface area is 108 Å². The van der Waals surface area contributed by atoms with Gasteiger partial charge in [0.25, 0.3) is 0 Å². The van der Waals surface area contributed by atoms with Gasteiger partial charge in [-0.25, -0.2) is 0 Å². The minimum absolute atomic E-state index is 0.211. The molecule has 0 aromatic heterocycles. The van der Waals surface area contributed by atoms with Crippen molar-refractivity contribution >= 4 is 17.6 Å². The first-order chi connectivity index (χ1) is 8.06. The van der Waals surface area contributed by atoms with E-state index in [1.54, 1.807) is 0 Å². The Morgan fingerprint density at radius 1 is 1.59 bits per heavy atom. The summed E-state index contributed by atoms with van der Waals surface area (Å²) in [5.74, 6) is 2.88. The maximum absolute atomic E-state index is 8.68. The summed E-state index contributed by atoms with van der Waals surface area (Å²) in [6.45, 7) is 5.05. The van der Waals surface area contributed by atoms with Crippen molar-refractivity contribution in [3.05, 3.63) is 0 Å². The second-order valence-corrected chi connectivity index (χ2v) is 6.49. The summed E-state index contributed by atoms with van der Waals surface area (Å²) >= 11 is 2.04. The van der Waals surface area contributed by atoms with Gasteiger partial charge in [-0.3, -0.25) is 0 Å². The summed E-state index contributed by atoms with van der Waals surface area (Å²) in [6.07, 6.45) is 4.63. The van der Waals surface area contributed by atoms with Crippen molar-refractivity contribution in [3.63, 3.8) is 0 Å². The predicted octanol–water partition coefficient (Wildman–Crippen LogP) is 2.02. The molecular weight excluding hydrogens is 234 g/mol. The van der Waals surface area contributed by atoms with E-state index < -0.39 is 0 Å². The highest BCUT2D eigenvalue weighted by atomic mass is 32.2. The van der Waals surface area contributed by atoms with Crippen molar-refractivity contribution in [2.75, 3.05) is 18.1 Å². The molecule has 0 aliphatic carbocycles. The minimum Gasteiger partial charge on any atom is -0.409 e. The van der Waals surface area contributed by atoms with E-state index in [0.717, 1.165) is 19.4 Å². The molecule has 1 saturated heterocycles. The van der Waals surface area contributed by atoms with Crippen LogP contribution in [0.5, 0.6) is 0 Å². The van der Waals surface area contributed by atoms with E-state index >= 15 is 0 Å². The van der Waals surface area contributed by atoms with Gasteiger partial charge in [0.05, 0.1) is 0 Å². The summed E-state index contributed by atoms with van der Waals surface area (Å²) in [5, 5.41) is 15.4. The van der Waals surface area contributed by atoms with E-state index in [1.807, 2.05) is 25.6 Å². The van der Waals surface area contributed by atoms with Crippen molar-refractivity contribution in [2.24, 2.45) is 16.3 Å². The molecule has 1 atom stereocenters. The molecule has 4 N–H and O–H groups in total. The lowest BCUT2D eigenvalue weighted by Gasteiger charge is -2.25. The van der Waals surface area contributed by atoms with E-state index in [9.17, 15) is 0 Å². The summed E-state index contributed by atoms with van der Waals surface area (Å²) in [7, 11) is 0. The molecule has 1 heterocycles. The maximum Gasteiger partial charge on any atom is 0.144 e. The second-order valence-electron chi connectivity index (χ2n) is 5.34. The summed E-state index contributed by atoms with van der Waals surface area (Å²) < 4.78 is 0. The van der Waals surface area contributed by atoms with Crippen molar-refractivity contribution in [1.82, 2.24) is 5.32 Å². The molecule has 1 fully saturated rings. The van der Waals surface area contributed by atoms with Crippen LogP contribution in [0.4, 0.5) is 0 Å². The Morgan fingerprint density at radius 3 is 2.94 bits per heavy atom. The van der Waals surface area contributed by atoms with Gasteiger partial charge in [-0.2, -0.15) is 11.8 Å². The minimum atomic E-state index is -0.211. The first-order valence-corrected chi connectivity index (χ1v) is 7.51. The van der Waals surface area contributed by atoms with E-state index in [1.165, 1.54) is 24.3 Å². The van der Waals surface area contributed by atoms with Crippen LogP contribution in [0.15, 0.2) is 5.16 Å². The van der Waals surface area contributed by atoms with Crippen LogP contribution in [0, 0.1) is 5.41 Å². The zero-order chi connectivity index (χ0) is 12.7. The van der Waals surface area contributed by atoms with E-state index in [4.69, 9.17) is 10.9 Å². The zero-order valence-corrected chi connectivity index (χ0v) is 11.7. The van der Waals surface area contributed by atoms with Crippen LogP contribution >= 0.6 is 11.8 Å². The van der Waals surface area contributed by atoms with Crippen LogP contribution in [-0.4, -0.2) is 35.1 Å². The van der Waals surface area contributed by atoms with Crippen LogP contribution in [-0.2, 0) is 0 Å². The fraction of sp³-hybridized carbons (Fsp3) is 0.917. The number of hydrogen-bond donors (Lipinski definition) is 3. The summed E-state index contributed by atoms with van der Waals surface area (Å²) in [4.78, 5) is 0. The Hall–Kier alpha value is -0.420. The Morgan fingerprint density at radius 2 is 2.35 bits per heavy atom. The molecule has 1 aliphatic rings. The standard InChI is InChI=1S/C12H25N3OS/c1-12(2,11(13)15-16)6-4-7-14-10-5-3-8-17-9-10/h10,14,16H,3-9H2,1-2H3,(H2,13,15). The van der Waals surface area contributed by atoms with Crippen molar-refractivity contribution in [3.8, 4) is 0 Å². The number of amidine groups is 1. The average Bonchev–Trinajstić information content (AvgIpc) is 2.35. The normalized spacial score (nSPS) is 22.7. The first-order valence-electron chi connectivity index (χ1n) is 6.35. The fourth-order valence-electron chi connectivity index (χ4n) is 2.00. The Balaban J connectivity index is 2.14. The molecule has 0 spiro atoms. The van der Waals surface area contributed by atoms with Gasteiger partial charge in [0.1, 0.15) is 5.84 Å². The van der Waals surface area contributed by atoms with Gasteiger partial charge in [-0.05, 0) is 38.0 Å². The largest absolute Gasteiger partial charge is 0.409 e. The van der Waals surface area contributed by atoms with E-state index in [0.29, 0.717) is 11.9 Å². The molecule has 0 amide bonds. The monoisotopic (exact) mass is 259 g/mol. The molecule has 1 rings (SSSR count). The smallest absolute Gasteiger partial charge is 0.144 e. The predicted molar refractivity (Wildman–Crippen MR) is 74.8 cm³/mol. The third-order valence-electron chi connectivity index (χ3n) is 3.37. The molecule has 0 bridgehead atoms. The quantitative estimate of drug-likeness (QED) is 0.224. The number of hydrogen-bond acceptors (Lipinski definition) is 4. The van der Waals surface area contributed by atoms with Gasteiger partial charge in [-0.1, -0.05) is 19.0 Å². The molecule has 17 heavy (non-hydrogen) atoms. The molecule has 0 aromatic rings. The Bertz CT molecular complexity index is 250. The molecule has 100 valence electrons. The molecule has 1 aliphatic heterocycles. The first kappa shape index (κ1) is 14.6. The van der Waals surface area contributed by atoms with Crippen LogP contribution in [0.3, 0.4) is 0 Å². The number of oxime groups is 1. The number of thioether (sulfide) groups is 1. The third kappa shape index (κ3) is 5.17. The molecule has 0 saturated carbocycles. The van der Waals surface area contributed by atoms with Gasteiger partial charge in [0.2, 0.25) is 0 Å². The molecule has 0 aromatic carbocycles. The summed E-state index contributed by atoms with van der Waals surface area (Å²) in [5.41, 5.74) is 5.44. The highest BCUT2D eigenvalue weighted by molar-refractivity contribution is 7.99. The maximum atomic E-state index is 8.68. The van der Waals surface area contributed by atoms with Gasteiger partial charge in [-0.15, -0.1) is 0 Å². The Kier molecular flexibility index (Phi) is 6.12. The molecule has 1 unspecified atom stereocenters. The van der Waals surface area contributed by atoms with Gasteiger partial charge in [0.15, 0.2) is 0 Å². The summed E-state index contributed by atoms with van der Waals surface area (Å²) in [6, 6.07) is 0.681. The highest BCUT2D eigenvalue weighted by Gasteiger charge is 2.23. The highest BCUT2D eigenvalue weighted by Crippen LogP contribution is 2.22. The van der Waals surface area contributed by atoms with Gasteiger partial charge < -0.3 is 16.3 Å². The lowest BCUT2D eigenvalue weighted by molar-refractivity contribution is 0.304. The molecule has 4 nitrogen and oxygen atoms in total. The van der Waals surface area contributed by atoms with Crippen molar-refractivity contribution < 1.29 is 5.21 Å². The molecular formula is C12H25N3OS. The third-order valence-corrected chi connectivity index (χ3v) is 4.59. The lowest BCUT2D eigenvalue weighted by Crippen LogP contribution is -2.36. The number of nitrogens with zero attached hydrogens (tertiary/aromatic N) is 1. The average molecular weight is 259 g/mol. The van der Waals surface area contributed by atoms with Crippen LogP contribution in [0.2, 0.25) is 0 Å². The van der Waals surface area contributed by atoms with Crippen LogP contribution in [0.25, 0.3) is 0 Å². The van der Waals surface area contributed by atoms with E-state index in [2.05, 4.69) is 10.5 Å².